The van der Waals surface area contributed by atoms with Crippen LogP contribution in [0, 0.1) is 0 Å². The Morgan fingerprint density at radius 3 is 1.93 bits per heavy atom. The van der Waals surface area contributed by atoms with Gasteiger partial charge in [-0.05, 0) is 49.2 Å². The second-order valence-corrected chi connectivity index (χ2v) is 8.20. The highest BCUT2D eigenvalue weighted by atomic mass is 35.5. The monoisotopic (exact) mass is 429 g/mol. The smallest absolute Gasteiger partial charge is 0.260 e. The average Bonchev–Trinajstić information content (AvgIpc) is 3.08. The predicted octanol–water partition coefficient (Wildman–Crippen LogP) is 3.24. The van der Waals surface area contributed by atoms with Crippen LogP contribution < -0.4 is 14.5 Å². The maximum absolute atomic E-state index is 12.5. The Labute approximate surface area is 182 Å². The molecule has 7 nitrogen and oxygen atoms in total. The summed E-state index contributed by atoms with van der Waals surface area (Å²) in [6, 6.07) is 11.2. The van der Waals surface area contributed by atoms with Crippen molar-refractivity contribution in [1.82, 2.24) is 15.1 Å². The van der Waals surface area contributed by atoms with E-state index in [1.54, 1.807) is 24.3 Å². The SMILES string of the molecule is O=C(COc1ccc(Cl)cc1)N1CCN(c2ccc(N3CCCCCC3)nn2)CC1. The molecule has 2 aliphatic rings. The molecule has 0 aliphatic carbocycles. The summed E-state index contributed by atoms with van der Waals surface area (Å²) in [6.45, 7) is 4.94. The first-order valence-electron chi connectivity index (χ1n) is 10.7. The lowest BCUT2D eigenvalue weighted by Gasteiger charge is -2.35. The number of hydrogen-bond acceptors (Lipinski definition) is 6. The van der Waals surface area contributed by atoms with Crippen molar-refractivity contribution in [2.75, 3.05) is 55.7 Å². The van der Waals surface area contributed by atoms with Gasteiger partial charge < -0.3 is 19.4 Å². The van der Waals surface area contributed by atoms with Crippen LogP contribution in [0.2, 0.25) is 5.02 Å². The van der Waals surface area contributed by atoms with Crippen LogP contribution in [0.15, 0.2) is 36.4 Å². The van der Waals surface area contributed by atoms with Gasteiger partial charge in [-0.15, -0.1) is 10.2 Å². The third-order valence-electron chi connectivity index (χ3n) is 5.70. The van der Waals surface area contributed by atoms with Crippen LogP contribution in [0.1, 0.15) is 25.7 Å². The second-order valence-electron chi connectivity index (χ2n) is 7.76. The van der Waals surface area contributed by atoms with Gasteiger partial charge in [0, 0.05) is 44.3 Å². The molecule has 0 atom stereocenters. The van der Waals surface area contributed by atoms with E-state index in [1.165, 1.54) is 25.7 Å². The van der Waals surface area contributed by atoms with E-state index in [-0.39, 0.29) is 12.5 Å². The van der Waals surface area contributed by atoms with Crippen molar-refractivity contribution in [3.63, 3.8) is 0 Å². The van der Waals surface area contributed by atoms with Crippen molar-refractivity contribution >= 4 is 29.1 Å². The third kappa shape index (κ3) is 5.33. The van der Waals surface area contributed by atoms with Gasteiger partial charge in [0.25, 0.3) is 5.91 Å². The van der Waals surface area contributed by atoms with Gasteiger partial charge in [0.05, 0.1) is 0 Å². The number of anilines is 2. The van der Waals surface area contributed by atoms with E-state index in [9.17, 15) is 4.79 Å². The van der Waals surface area contributed by atoms with Crippen LogP contribution in [0.25, 0.3) is 0 Å². The zero-order valence-electron chi connectivity index (χ0n) is 17.2. The Kier molecular flexibility index (Phi) is 6.89. The summed E-state index contributed by atoms with van der Waals surface area (Å²) in [5, 5.41) is 9.57. The molecule has 30 heavy (non-hydrogen) atoms. The summed E-state index contributed by atoms with van der Waals surface area (Å²) in [5.41, 5.74) is 0. The zero-order valence-corrected chi connectivity index (χ0v) is 17.9. The number of carbonyl (C=O) groups excluding carboxylic acids is 1. The molecular weight excluding hydrogens is 402 g/mol. The number of hydrogen-bond donors (Lipinski definition) is 0. The zero-order chi connectivity index (χ0) is 20.8. The molecule has 1 aromatic carbocycles. The van der Waals surface area contributed by atoms with Crippen LogP contribution in [-0.2, 0) is 4.79 Å². The molecule has 0 unspecified atom stereocenters. The van der Waals surface area contributed by atoms with Gasteiger partial charge in [-0.25, -0.2) is 0 Å². The Bertz CT molecular complexity index is 814. The molecule has 2 aliphatic heterocycles. The molecule has 0 radical (unpaired) electrons. The number of benzene rings is 1. The second kappa shape index (κ2) is 9.98. The lowest BCUT2D eigenvalue weighted by Crippen LogP contribution is -2.50. The summed E-state index contributed by atoms with van der Waals surface area (Å²) >= 11 is 5.87. The van der Waals surface area contributed by atoms with E-state index < -0.39 is 0 Å². The Balaban J connectivity index is 1.25. The van der Waals surface area contributed by atoms with Crippen molar-refractivity contribution in [2.24, 2.45) is 0 Å². The molecule has 1 amide bonds. The third-order valence-corrected chi connectivity index (χ3v) is 5.95. The molecule has 0 spiro atoms. The first-order chi connectivity index (χ1) is 14.7. The van der Waals surface area contributed by atoms with E-state index >= 15 is 0 Å². The molecule has 1 aromatic heterocycles. The summed E-state index contributed by atoms with van der Waals surface area (Å²) in [4.78, 5) is 18.8. The average molecular weight is 430 g/mol. The van der Waals surface area contributed by atoms with Crippen LogP contribution in [-0.4, -0.2) is 66.9 Å². The molecule has 3 heterocycles. The van der Waals surface area contributed by atoms with Gasteiger partial charge in [0.2, 0.25) is 0 Å². The van der Waals surface area contributed by atoms with E-state index in [0.717, 1.165) is 37.8 Å². The van der Waals surface area contributed by atoms with Gasteiger partial charge in [-0.3, -0.25) is 4.79 Å². The number of nitrogens with zero attached hydrogens (tertiary/aromatic N) is 5. The van der Waals surface area contributed by atoms with Crippen LogP contribution >= 0.6 is 11.6 Å². The standard InChI is InChI=1S/C22H28ClN5O2/c23-18-5-7-19(8-6-18)30-17-22(29)28-15-13-27(14-16-28)21-10-9-20(24-25-21)26-11-3-1-2-4-12-26/h5-10H,1-4,11-17H2. The van der Waals surface area contributed by atoms with Gasteiger partial charge in [0.1, 0.15) is 5.75 Å². The summed E-state index contributed by atoms with van der Waals surface area (Å²) in [7, 11) is 0. The first-order valence-corrected chi connectivity index (χ1v) is 11.1. The highest BCUT2D eigenvalue weighted by Crippen LogP contribution is 2.20. The van der Waals surface area contributed by atoms with Crippen molar-refractivity contribution in [1.29, 1.82) is 0 Å². The topological polar surface area (TPSA) is 61.8 Å². The lowest BCUT2D eigenvalue weighted by molar-refractivity contribution is -0.133. The van der Waals surface area contributed by atoms with Crippen molar-refractivity contribution in [3.8, 4) is 5.75 Å². The molecule has 0 saturated carbocycles. The Morgan fingerprint density at radius 1 is 0.800 bits per heavy atom. The van der Waals surface area contributed by atoms with E-state index in [1.807, 2.05) is 11.0 Å². The number of carbonyl (C=O) groups is 1. The van der Waals surface area contributed by atoms with Crippen molar-refractivity contribution < 1.29 is 9.53 Å². The highest BCUT2D eigenvalue weighted by molar-refractivity contribution is 6.30. The molecular formula is C22H28ClN5O2. The number of aromatic nitrogens is 2. The fraction of sp³-hybridized carbons (Fsp3) is 0.500. The van der Waals surface area contributed by atoms with E-state index in [4.69, 9.17) is 16.3 Å². The Morgan fingerprint density at radius 2 is 1.37 bits per heavy atom. The highest BCUT2D eigenvalue weighted by Gasteiger charge is 2.23. The van der Waals surface area contributed by atoms with Gasteiger partial charge >= 0.3 is 0 Å². The molecule has 2 aromatic rings. The minimum absolute atomic E-state index is 0.00723. The minimum Gasteiger partial charge on any atom is -0.484 e. The molecule has 0 N–H and O–H groups in total. The van der Waals surface area contributed by atoms with E-state index in [2.05, 4.69) is 26.1 Å². The number of ether oxygens (including phenoxy) is 1. The number of rotatable bonds is 5. The quantitative estimate of drug-likeness (QED) is 0.727. The van der Waals surface area contributed by atoms with Crippen molar-refractivity contribution in [2.45, 2.75) is 25.7 Å². The molecule has 160 valence electrons. The first kappa shape index (κ1) is 20.7. The Hall–Kier alpha value is -2.54. The van der Waals surface area contributed by atoms with Gasteiger partial charge in [-0.1, -0.05) is 24.4 Å². The molecule has 8 heteroatoms. The molecule has 0 bridgehead atoms. The number of amides is 1. The number of piperazine rings is 1. The fourth-order valence-corrected chi connectivity index (χ4v) is 4.03. The lowest BCUT2D eigenvalue weighted by atomic mass is 10.2. The van der Waals surface area contributed by atoms with Gasteiger partial charge in [-0.2, -0.15) is 0 Å². The van der Waals surface area contributed by atoms with E-state index in [0.29, 0.717) is 23.9 Å². The van der Waals surface area contributed by atoms with Crippen LogP contribution in [0.3, 0.4) is 0 Å². The maximum Gasteiger partial charge on any atom is 0.260 e. The molecule has 2 saturated heterocycles. The molecule has 2 fully saturated rings. The summed E-state index contributed by atoms with van der Waals surface area (Å²) < 4.78 is 5.58. The largest absolute Gasteiger partial charge is 0.484 e. The van der Waals surface area contributed by atoms with Crippen molar-refractivity contribution in [3.05, 3.63) is 41.4 Å². The predicted molar refractivity (Wildman–Crippen MR) is 118 cm³/mol. The normalized spacial score (nSPS) is 17.6. The fourth-order valence-electron chi connectivity index (χ4n) is 3.91. The molecule has 4 rings (SSSR count). The van der Waals surface area contributed by atoms with Crippen LogP contribution in [0.5, 0.6) is 5.75 Å². The minimum atomic E-state index is -0.00723. The summed E-state index contributed by atoms with van der Waals surface area (Å²) in [6.07, 6.45) is 5.05. The number of halogens is 1. The van der Waals surface area contributed by atoms with Crippen LogP contribution in [0.4, 0.5) is 11.6 Å². The maximum atomic E-state index is 12.5. The van der Waals surface area contributed by atoms with Gasteiger partial charge in [0.15, 0.2) is 18.2 Å². The summed E-state index contributed by atoms with van der Waals surface area (Å²) in [5.74, 6) is 2.48.